The fourth-order valence-electron chi connectivity index (χ4n) is 2.79. The van der Waals surface area contributed by atoms with Gasteiger partial charge in [0.2, 0.25) is 5.91 Å². The van der Waals surface area contributed by atoms with Crippen LogP contribution < -0.4 is 10.6 Å². The van der Waals surface area contributed by atoms with Crippen LogP contribution in [0.2, 0.25) is 5.02 Å². The van der Waals surface area contributed by atoms with E-state index in [1.165, 1.54) is 0 Å². The largest absolute Gasteiger partial charge is 0.353 e. The van der Waals surface area contributed by atoms with E-state index in [0.717, 1.165) is 10.0 Å². The summed E-state index contributed by atoms with van der Waals surface area (Å²) in [5, 5.41) is 7.09. The number of anilines is 1. The van der Waals surface area contributed by atoms with Crippen LogP contribution in [-0.2, 0) is 4.79 Å². The van der Waals surface area contributed by atoms with Crippen LogP contribution in [0, 0.1) is 5.92 Å². The van der Waals surface area contributed by atoms with Crippen molar-refractivity contribution in [2.45, 2.75) is 13.0 Å². The summed E-state index contributed by atoms with van der Waals surface area (Å²) in [7, 11) is 0. The zero-order chi connectivity index (χ0) is 18.0. The topological polar surface area (TPSA) is 53.5 Å². The number of amides is 1. The molecule has 0 radical (unpaired) electrons. The summed E-state index contributed by atoms with van der Waals surface area (Å²) in [6.07, 6.45) is 0. The van der Waals surface area contributed by atoms with Gasteiger partial charge < -0.3 is 10.6 Å². The first-order valence-electron chi connectivity index (χ1n) is 7.61. The van der Waals surface area contributed by atoms with Gasteiger partial charge in [-0.1, -0.05) is 39.7 Å². The zero-order valence-corrected chi connectivity index (χ0v) is 16.5. The Morgan fingerprint density at radius 2 is 2.00 bits per heavy atom. The number of benzene rings is 2. The van der Waals surface area contributed by atoms with E-state index in [1.54, 1.807) is 24.3 Å². The molecule has 2 aromatic carbocycles. The van der Waals surface area contributed by atoms with Crippen LogP contribution in [0.4, 0.5) is 5.69 Å². The molecule has 3 rings (SSSR count). The number of nitrogens with zero attached hydrogens (tertiary/aromatic N) is 1. The Labute approximate surface area is 164 Å². The minimum atomic E-state index is -0.475. The molecular weight excluding hydrogens is 422 g/mol. The van der Waals surface area contributed by atoms with Crippen molar-refractivity contribution in [2.75, 3.05) is 5.32 Å². The Kier molecular flexibility index (Phi) is 5.51. The van der Waals surface area contributed by atoms with E-state index in [0.29, 0.717) is 21.5 Å². The number of nitrogens with one attached hydrogen (secondary N) is 2. The standard InChI is InChI=1S/C18H15BrClN3OS/c1-10-15(17(24)22-14-7-5-13(20)6-8-14)16(23-18(25)21-10)11-3-2-4-12(19)9-11/h2-9,15-16H,1H3,(H,22,24)(H,23,25). The van der Waals surface area contributed by atoms with Gasteiger partial charge in [0.1, 0.15) is 5.92 Å². The molecule has 0 bridgehead atoms. The molecule has 0 aliphatic carbocycles. The molecule has 0 aromatic heterocycles. The van der Waals surface area contributed by atoms with E-state index >= 15 is 0 Å². The maximum atomic E-state index is 12.9. The lowest BCUT2D eigenvalue weighted by molar-refractivity contribution is -0.118. The fourth-order valence-corrected chi connectivity index (χ4v) is 3.60. The monoisotopic (exact) mass is 435 g/mol. The van der Waals surface area contributed by atoms with Gasteiger partial charge in [-0.3, -0.25) is 4.79 Å². The van der Waals surface area contributed by atoms with Crippen molar-refractivity contribution in [1.82, 2.24) is 5.32 Å². The molecule has 2 unspecified atom stereocenters. The molecule has 1 heterocycles. The summed E-state index contributed by atoms with van der Waals surface area (Å²) >= 11 is 14.6. The van der Waals surface area contributed by atoms with Crippen LogP contribution in [0.5, 0.6) is 0 Å². The van der Waals surface area contributed by atoms with Crippen molar-refractivity contribution in [3.05, 3.63) is 63.6 Å². The normalized spacial score (nSPS) is 19.8. The van der Waals surface area contributed by atoms with Crippen LogP contribution in [-0.4, -0.2) is 16.7 Å². The molecular formula is C18H15BrClN3OS. The predicted molar refractivity (Wildman–Crippen MR) is 109 cm³/mol. The Balaban J connectivity index is 1.91. The molecule has 2 atom stereocenters. The molecule has 1 amide bonds. The summed E-state index contributed by atoms with van der Waals surface area (Å²) in [6.45, 7) is 1.82. The van der Waals surface area contributed by atoms with Crippen molar-refractivity contribution in [2.24, 2.45) is 10.9 Å². The second kappa shape index (κ2) is 7.64. The second-order valence-electron chi connectivity index (χ2n) is 5.71. The molecule has 25 heavy (non-hydrogen) atoms. The Morgan fingerprint density at radius 3 is 2.68 bits per heavy atom. The minimum absolute atomic E-state index is 0.149. The van der Waals surface area contributed by atoms with Crippen LogP contribution in [0.15, 0.2) is 58.0 Å². The first kappa shape index (κ1) is 18.0. The first-order chi connectivity index (χ1) is 11.9. The van der Waals surface area contributed by atoms with Crippen molar-refractivity contribution in [3.63, 3.8) is 0 Å². The number of thiocarbonyl (C=S) groups is 1. The average molecular weight is 437 g/mol. The van der Waals surface area contributed by atoms with Gasteiger partial charge in [-0.15, -0.1) is 0 Å². The van der Waals surface area contributed by atoms with Crippen molar-refractivity contribution >= 4 is 62.2 Å². The number of halogens is 2. The molecule has 7 heteroatoms. The molecule has 1 aliphatic rings. The van der Waals surface area contributed by atoms with E-state index in [1.807, 2.05) is 31.2 Å². The predicted octanol–water partition coefficient (Wildman–Crippen LogP) is 4.75. The highest BCUT2D eigenvalue weighted by molar-refractivity contribution is 9.10. The molecule has 0 saturated carbocycles. The quantitative estimate of drug-likeness (QED) is 0.683. The number of aliphatic imine (C=N–C) groups is 1. The van der Waals surface area contributed by atoms with Crippen LogP contribution in [0.25, 0.3) is 0 Å². The van der Waals surface area contributed by atoms with Crippen LogP contribution in [0.3, 0.4) is 0 Å². The molecule has 2 N–H and O–H groups in total. The Bertz CT molecular complexity index is 854. The van der Waals surface area contributed by atoms with Gasteiger partial charge in [-0.25, -0.2) is 4.99 Å². The highest BCUT2D eigenvalue weighted by Crippen LogP contribution is 2.30. The molecule has 0 saturated heterocycles. The van der Waals surface area contributed by atoms with Gasteiger partial charge in [0.15, 0.2) is 5.11 Å². The molecule has 4 nitrogen and oxygen atoms in total. The van der Waals surface area contributed by atoms with Gasteiger partial charge in [0, 0.05) is 20.9 Å². The minimum Gasteiger partial charge on any atom is -0.353 e. The number of carbonyl (C=O) groups is 1. The van der Waals surface area contributed by atoms with Crippen molar-refractivity contribution in [3.8, 4) is 0 Å². The van der Waals surface area contributed by atoms with Crippen LogP contribution >= 0.6 is 39.7 Å². The first-order valence-corrected chi connectivity index (χ1v) is 9.19. The van der Waals surface area contributed by atoms with Gasteiger partial charge >= 0.3 is 0 Å². The second-order valence-corrected chi connectivity index (χ2v) is 7.45. The molecule has 2 aromatic rings. The van der Waals surface area contributed by atoms with E-state index in [4.69, 9.17) is 23.8 Å². The van der Waals surface area contributed by atoms with Gasteiger partial charge in [-0.05, 0) is 61.1 Å². The third-order valence-electron chi connectivity index (χ3n) is 3.94. The number of rotatable bonds is 3. The van der Waals surface area contributed by atoms with Crippen LogP contribution in [0.1, 0.15) is 18.5 Å². The number of hydrogen-bond donors (Lipinski definition) is 2. The number of carbonyl (C=O) groups excluding carboxylic acids is 1. The SMILES string of the molecule is CC1=NC(=S)NC(c2cccc(Br)c2)C1C(=O)Nc1ccc(Cl)cc1. The van der Waals surface area contributed by atoms with E-state index in [-0.39, 0.29) is 11.9 Å². The van der Waals surface area contributed by atoms with Gasteiger partial charge in [0.05, 0.1) is 6.04 Å². The van der Waals surface area contributed by atoms with Crippen molar-refractivity contribution < 1.29 is 4.79 Å². The van der Waals surface area contributed by atoms with Gasteiger partial charge in [-0.2, -0.15) is 0 Å². The average Bonchev–Trinajstić information content (AvgIpc) is 2.56. The van der Waals surface area contributed by atoms with Crippen molar-refractivity contribution in [1.29, 1.82) is 0 Å². The summed E-state index contributed by atoms with van der Waals surface area (Å²) in [5.74, 6) is -0.625. The maximum Gasteiger partial charge on any atom is 0.235 e. The van der Waals surface area contributed by atoms with Gasteiger partial charge in [0.25, 0.3) is 0 Å². The Hall–Kier alpha value is -1.76. The molecule has 128 valence electrons. The van der Waals surface area contributed by atoms with E-state index in [2.05, 4.69) is 31.6 Å². The molecule has 1 aliphatic heterocycles. The summed E-state index contributed by atoms with van der Waals surface area (Å²) < 4.78 is 0.940. The van der Waals surface area contributed by atoms with E-state index in [9.17, 15) is 4.79 Å². The highest BCUT2D eigenvalue weighted by Gasteiger charge is 2.35. The summed E-state index contributed by atoms with van der Waals surface area (Å²) in [6, 6.07) is 14.5. The lowest BCUT2D eigenvalue weighted by Crippen LogP contribution is -2.45. The fraction of sp³-hybridized carbons (Fsp3) is 0.167. The van der Waals surface area contributed by atoms with E-state index < -0.39 is 5.92 Å². The molecule has 0 fully saturated rings. The number of hydrogen-bond acceptors (Lipinski definition) is 2. The zero-order valence-electron chi connectivity index (χ0n) is 13.3. The third-order valence-corrected chi connectivity index (χ3v) is 4.90. The smallest absolute Gasteiger partial charge is 0.235 e. The lowest BCUT2D eigenvalue weighted by atomic mass is 9.87. The third kappa shape index (κ3) is 4.26. The summed E-state index contributed by atoms with van der Waals surface area (Å²) in [4.78, 5) is 17.2. The highest BCUT2D eigenvalue weighted by atomic mass is 79.9. The summed E-state index contributed by atoms with van der Waals surface area (Å²) in [5.41, 5.74) is 2.32. The Morgan fingerprint density at radius 1 is 1.28 bits per heavy atom. The maximum absolute atomic E-state index is 12.9. The lowest BCUT2D eigenvalue weighted by Gasteiger charge is -2.31. The molecule has 0 spiro atoms.